The molecule has 1 fully saturated rings. The van der Waals surface area contributed by atoms with E-state index in [1.807, 2.05) is 17.4 Å². The van der Waals surface area contributed by atoms with Crippen molar-refractivity contribution in [3.63, 3.8) is 0 Å². The monoisotopic (exact) mass is 596 g/mol. The van der Waals surface area contributed by atoms with Crippen LogP contribution in [-0.4, -0.2) is 10.0 Å². The first-order chi connectivity index (χ1) is 22.3. The molecule has 45 heavy (non-hydrogen) atoms. The van der Waals surface area contributed by atoms with Gasteiger partial charge in [0, 0.05) is 49.6 Å². The molecule has 1 saturated heterocycles. The molecule has 0 amide bonds. The molecule has 7 aromatic carbocycles. The number of hydrogen-bond donors (Lipinski definition) is 0. The zero-order valence-corrected chi connectivity index (χ0v) is 25.3. The fourth-order valence-electron chi connectivity index (χ4n) is 7.37. The molecule has 1 aliphatic rings. The Balaban J connectivity index is 1.08. The molecular weight excluding hydrogens is 569 g/mol. The molecule has 0 bridgehead atoms. The number of hydrogen-bond acceptors (Lipinski definition) is 4. The third-order valence-corrected chi connectivity index (χ3v) is 10.6. The van der Waals surface area contributed by atoms with Gasteiger partial charge in [-0.3, -0.25) is 0 Å². The van der Waals surface area contributed by atoms with Gasteiger partial charge >= 0.3 is 0 Å². The van der Waals surface area contributed by atoms with Crippen molar-refractivity contribution < 1.29 is 4.42 Å². The van der Waals surface area contributed by atoms with Crippen molar-refractivity contribution in [2.75, 3.05) is 0 Å². The predicted molar refractivity (Wildman–Crippen MR) is 188 cm³/mol. The fraction of sp³-hybridized carbons (Fsp3) is 0.0732. The van der Waals surface area contributed by atoms with Gasteiger partial charge in [0.1, 0.15) is 17.3 Å². The van der Waals surface area contributed by atoms with Crippen LogP contribution in [0.5, 0.6) is 0 Å². The van der Waals surface area contributed by atoms with E-state index in [-0.39, 0.29) is 6.17 Å². The molecule has 0 aliphatic carbocycles. The molecule has 1 unspecified atom stereocenters. The largest absolute Gasteiger partial charge is 0.456 e. The Hall–Kier alpha value is -5.00. The number of fused-ring (bicyclic) bond motifs is 10. The van der Waals surface area contributed by atoms with Crippen molar-refractivity contribution in [2.45, 2.75) is 19.3 Å². The van der Waals surface area contributed by atoms with Gasteiger partial charge in [-0.05, 0) is 56.9 Å². The van der Waals surface area contributed by atoms with Gasteiger partial charge in [-0.2, -0.15) is 0 Å². The van der Waals surface area contributed by atoms with E-state index in [1.165, 1.54) is 69.2 Å². The number of thiophene rings is 1. The van der Waals surface area contributed by atoms with Gasteiger partial charge < -0.3 is 4.42 Å². The summed E-state index contributed by atoms with van der Waals surface area (Å²) < 4.78 is 9.12. The van der Waals surface area contributed by atoms with Crippen LogP contribution in [0.4, 0.5) is 0 Å². The van der Waals surface area contributed by atoms with Gasteiger partial charge in [-0.25, -0.2) is 10.0 Å². The number of rotatable bonds is 5. The minimum atomic E-state index is 0.183. The van der Waals surface area contributed by atoms with E-state index in [0.29, 0.717) is 0 Å². The molecule has 3 atom stereocenters. The van der Waals surface area contributed by atoms with E-state index in [0.717, 1.165) is 24.3 Å². The second-order valence-corrected chi connectivity index (χ2v) is 13.2. The Morgan fingerprint density at radius 3 is 2.22 bits per heavy atom. The number of hydrazine groups is 1. The van der Waals surface area contributed by atoms with E-state index in [9.17, 15) is 0 Å². The van der Waals surface area contributed by atoms with Crippen molar-refractivity contribution in [2.24, 2.45) is 0 Å². The van der Waals surface area contributed by atoms with E-state index >= 15 is 0 Å². The molecule has 1 aliphatic heterocycles. The van der Waals surface area contributed by atoms with Crippen LogP contribution in [0, 0.1) is 0 Å². The van der Waals surface area contributed by atoms with Crippen LogP contribution in [0.25, 0.3) is 63.7 Å². The molecule has 0 radical (unpaired) electrons. The van der Waals surface area contributed by atoms with E-state index in [1.54, 1.807) is 0 Å². The summed E-state index contributed by atoms with van der Waals surface area (Å²) in [5.74, 6) is 0. The maximum atomic E-state index is 6.42. The summed E-state index contributed by atoms with van der Waals surface area (Å²) in [6.45, 7) is 1.64. The SMILES string of the molecule is c1ccc(C[N@@]2C(c3ccc4c(ccc5ccc6sc7ccccc7c6c54)c3)[N@@]2Cc2cccc3c2oc2ccccc23)cc1. The first-order valence-corrected chi connectivity index (χ1v) is 16.3. The number of benzene rings is 7. The lowest BCUT2D eigenvalue weighted by Crippen LogP contribution is -2.07. The van der Waals surface area contributed by atoms with Crippen LogP contribution in [0.2, 0.25) is 0 Å². The van der Waals surface area contributed by atoms with Crippen molar-refractivity contribution in [1.29, 1.82) is 0 Å². The highest BCUT2D eigenvalue weighted by atomic mass is 32.1. The maximum Gasteiger partial charge on any atom is 0.139 e. The highest BCUT2D eigenvalue weighted by Crippen LogP contribution is 2.47. The standard InChI is InChI=1S/C41H28N2OS/c1-2-9-26(10-3-1)24-42-41(43(42)25-30-11-8-14-33-32-12-4-6-15-35(32)44-40(30)33)29-19-21-31-28(23-29)18-17-27-20-22-37-39(38(27)31)34-13-5-7-16-36(34)45-37/h1-23,41H,24-25H2/t41?,42-,43+/m0/s1. The highest BCUT2D eigenvalue weighted by Gasteiger charge is 2.46. The Morgan fingerprint density at radius 2 is 1.29 bits per heavy atom. The third-order valence-electron chi connectivity index (χ3n) is 9.51. The number of para-hydroxylation sites is 2. The summed E-state index contributed by atoms with van der Waals surface area (Å²) in [5, 5.41) is 15.3. The second kappa shape index (κ2) is 9.75. The lowest BCUT2D eigenvalue weighted by molar-refractivity contribution is 0.293. The van der Waals surface area contributed by atoms with Crippen LogP contribution in [0.1, 0.15) is 22.9 Å². The summed E-state index contributed by atoms with van der Waals surface area (Å²) in [6.07, 6.45) is 0.183. The normalized spacial score (nSPS) is 18.2. The smallest absolute Gasteiger partial charge is 0.139 e. The van der Waals surface area contributed by atoms with Crippen LogP contribution in [0.15, 0.2) is 144 Å². The lowest BCUT2D eigenvalue weighted by atomic mass is 9.96. The van der Waals surface area contributed by atoms with Crippen LogP contribution in [0.3, 0.4) is 0 Å². The summed E-state index contributed by atoms with van der Waals surface area (Å²) >= 11 is 1.89. The van der Waals surface area contributed by atoms with Crippen molar-refractivity contribution >= 4 is 75.0 Å². The van der Waals surface area contributed by atoms with E-state index < -0.39 is 0 Å². The first kappa shape index (κ1) is 25.3. The molecular formula is C41H28N2OS. The van der Waals surface area contributed by atoms with Crippen LogP contribution < -0.4 is 0 Å². The number of nitrogens with zero attached hydrogens (tertiary/aromatic N) is 2. The van der Waals surface area contributed by atoms with Crippen molar-refractivity contribution in [3.05, 3.63) is 156 Å². The van der Waals surface area contributed by atoms with E-state index in [2.05, 4.69) is 143 Å². The Kier molecular flexibility index (Phi) is 5.49. The van der Waals surface area contributed by atoms with Crippen LogP contribution in [-0.2, 0) is 13.1 Å². The minimum absolute atomic E-state index is 0.183. The zero-order chi connectivity index (χ0) is 29.5. The molecule has 0 saturated carbocycles. The van der Waals surface area contributed by atoms with Crippen LogP contribution >= 0.6 is 11.3 Å². The molecule has 2 aromatic heterocycles. The summed E-state index contributed by atoms with van der Waals surface area (Å²) in [7, 11) is 0. The van der Waals surface area contributed by atoms with Crippen molar-refractivity contribution in [3.8, 4) is 0 Å². The molecule has 4 heteroatoms. The lowest BCUT2D eigenvalue weighted by Gasteiger charge is -2.08. The molecule has 0 spiro atoms. The quantitative estimate of drug-likeness (QED) is 0.145. The zero-order valence-electron chi connectivity index (χ0n) is 24.5. The minimum Gasteiger partial charge on any atom is -0.456 e. The summed E-state index contributed by atoms with van der Waals surface area (Å²) in [4.78, 5) is 0. The van der Waals surface area contributed by atoms with Gasteiger partial charge in [-0.15, -0.1) is 11.3 Å². The average molecular weight is 597 g/mol. The van der Waals surface area contributed by atoms with Gasteiger partial charge in [-0.1, -0.05) is 115 Å². The third kappa shape index (κ3) is 3.97. The summed E-state index contributed by atoms with van der Waals surface area (Å²) in [6, 6.07) is 50.8. The predicted octanol–water partition coefficient (Wildman–Crippen LogP) is 11.2. The average Bonchev–Trinajstić information content (AvgIpc) is 3.41. The molecule has 10 rings (SSSR count). The van der Waals surface area contributed by atoms with Gasteiger partial charge in [0.05, 0.1) is 0 Å². The van der Waals surface area contributed by atoms with Gasteiger partial charge in [0.15, 0.2) is 0 Å². The van der Waals surface area contributed by atoms with Crippen molar-refractivity contribution in [1.82, 2.24) is 10.0 Å². The molecule has 9 aromatic rings. The fourth-order valence-corrected chi connectivity index (χ4v) is 8.48. The first-order valence-electron chi connectivity index (χ1n) is 15.5. The topological polar surface area (TPSA) is 19.2 Å². The molecule has 214 valence electrons. The number of furan rings is 1. The molecule has 3 heterocycles. The van der Waals surface area contributed by atoms with E-state index in [4.69, 9.17) is 4.42 Å². The Bertz CT molecular complexity index is 2580. The Morgan fingerprint density at radius 1 is 0.533 bits per heavy atom. The second-order valence-electron chi connectivity index (χ2n) is 12.1. The maximum absolute atomic E-state index is 6.42. The highest BCUT2D eigenvalue weighted by molar-refractivity contribution is 7.26. The Labute approximate surface area is 264 Å². The summed E-state index contributed by atoms with van der Waals surface area (Å²) in [5.41, 5.74) is 5.77. The molecule has 3 nitrogen and oxygen atoms in total. The molecule has 0 N–H and O–H groups in total. The van der Waals surface area contributed by atoms with Gasteiger partial charge in [0.2, 0.25) is 0 Å². The van der Waals surface area contributed by atoms with Gasteiger partial charge in [0.25, 0.3) is 0 Å².